The fourth-order valence-corrected chi connectivity index (χ4v) is 2.20. The first kappa shape index (κ1) is 19.4. The number of benzene rings is 2. The molecule has 0 saturated heterocycles. The number of primary amides is 1. The summed E-state index contributed by atoms with van der Waals surface area (Å²) in [6.07, 6.45) is -4.70. The van der Waals surface area contributed by atoms with Crippen molar-refractivity contribution in [3.8, 4) is 0 Å². The van der Waals surface area contributed by atoms with Crippen LogP contribution >= 0.6 is 0 Å². The first-order chi connectivity index (χ1) is 12.1. The van der Waals surface area contributed by atoms with Crippen LogP contribution in [0.2, 0.25) is 0 Å². The van der Waals surface area contributed by atoms with Gasteiger partial charge in [-0.15, -0.1) is 0 Å². The van der Waals surface area contributed by atoms with E-state index in [0.29, 0.717) is 11.6 Å². The van der Waals surface area contributed by atoms with E-state index in [0.717, 1.165) is 36.4 Å². The third-order valence-electron chi connectivity index (χ3n) is 3.55. The first-order valence-electron chi connectivity index (χ1n) is 7.29. The van der Waals surface area contributed by atoms with E-state index < -0.39 is 46.8 Å². The lowest BCUT2D eigenvalue weighted by Gasteiger charge is -2.16. The fourth-order valence-electron chi connectivity index (χ4n) is 2.20. The molecule has 0 fully saturated rings. The van der Waals surface area contributed by atoms with E-state index in [2.05, 4.69) is 5.32 Å². The molecule has 2 aromatic carbocycles. The number of halogens is 5. The molecule has 0 aromatic heterocycles. The number of carbonyl (C=O) groups excluding carboxylic acids is 2. The minimum absolute atomic E-state index is 0.192. The van der Waals surface area contributed by atoms with Crippen LogP contribution in [0, 0.1) is 11.6 Å². The van der Waals surface area contributed by atoms with Crippen LogP contribution < -0.4 is 11.1 Å². The van der Waals surface area contributed by atoms with Crippen molar-refractivity contribution in [2.24, 2.45) is 5.73 Å². The molecule has 1 atom stereocenters. The molecule has 2 rings (SSSR count). The van der Waals surface area contributed by atoms with Crippen molar-refractivity contribution in [1.82, 2.24) is 5.32 Å². The summed E-state index contributed by atoms with van der Waals surface area (Å²) in [6, 6.07) is 4.92. The average molecular weight is 372 g/mol. The number of amides is 2. The minimum atomic E-state index is -4.50. The molecule has 0 unspecified atom stereocenters. The number of nitrogens with two attached hydrogens (primary N) is 1. The van der Waals surface area contributed by atoms with E-state index in [1.807, 2.05) is 0 Å². The molecule has 0 bridgehead atoms. The molecule has 9 heteroatoms. The van der Waals surface area contributed by atoms with Gasteiger partial charge in [-0.05, 0) is 29.8 Å². The number of hydrogen-bond donors (Lipinski definition) is 2. The summed E-state index contributed by atoms with van der Waals surface area (Å²) in [5.74, 6) is -3.96. The predicted molar refractivity (Wildman–Crippen MR) is 82.0 cm³/mol. The second-order valence-electron chi connectivity index (χ2n) is 5.45. The van der Waals surface area contributed by atoms with E-state index in [4.69, 9.17) is 5.73 Å². The number of rotatable bonds is 5. The maximum absolute atomic E-state index is 13.6. The molecule has 0 saturated carbocycles. The van der Waals surface area contributed by atoms with Crippen LogP contribution in [0.15, 0.2) is 42.5 Å². The molecular formula is C17H13F5N2O2. The first-order valence-corrected chi connectivity index (χ1v) is 7.29. The summed E-state index contributed by atoms with van der Waals surface area (Å²) >= 11 is 0. The number of hydrogen-bond acceptors (Lipinski definition) is 2. The van der Waals surface area contributed by atoms with Gasteiger partial charge in [0.15, 0.2) is 0 Å². The van der Waals surface area contributed by atoms with Crippen molar-refractivity contribution in [2.75, 3.05) is 0 Å². The van der Waals surface area contributed by atoms with Crippen molar-refractivity contribution in [2.45, 2.75) is 18.6 Å². The van der Waals surface area contributed by atoms with Gasteiger partial charge in [0.25, 0.3) is 5.91 Å². The van der Waals surface area contributed by atoms with Gasteiger partial charge in [0.2, 0.25) is 5.91 Å². The summed E-state index contributed by atoms with van der Waals surface area (Å²) in [6.45, 7) is 0. The topological polar surface area (TPSA) is 72.2 Å². The lowest BCUT2D eigenvalue weighted by molar-refractivity contribution is -0.137. The van der Waals surface area contributed by atoms with Gasteiger partial charge in [-0.25, -0.2) is 8.78 Å². The molecule has 4 nitrogen and oxygen atoms in total. The van der Waals surface area contributed by atoms with Gasteiger partial charge in [-0.1, -0.05) is 12.1 Å². The van der Waals surface area contributed by atoms with Gasteiger partial charge in [-0.3, -0.25) is 9.59 Å². The second-order valence-corrected chi connectivity index (χ2v) is 5.45. The lowest BCUT2D eigenvalue weighted by Crippen LogP contribution is -2.46. The highest BCUT2D eigenvalue weighted by Crippen LogP contribution is 2.29. The molecule has 0 aliphatic rings. The van der Waals surface area contributed by atoms with Gasteiger partial charge in [0.05, 0.1) is 11.1 Å². The summed E-state index contributed by atoms with van der Waals surface area (Å²) in [5.41, 5.74) is 4.13. The normalized spacial score (nSPS) is 12.5. The molecule has 2 amide bonds. The summed E-state index contributed by atoms with van der Waals surface area (Å²) < 4.78 is 64.1. The van der Waals surface area contributed by atoms with Crippen LogP contribution in [0.3, 0.4) is 0 Å². The minimum Gasteiger partial charge on any atom is -0.368 e. The maximum Gasteiger partial charge on any atom is 0.416 e. The van der Waals surface area contributed by atoms with Crippen LogP contribution in [0.5, 0.6) is 0 Å². The Hall–Kier alpha value is -2.97. The van der Waals surface area contributed by atoms with Crippen molar-refractivity contribution in [3.05, 3.63) is 70.8 Å². The van der Waals surface area contributed by atoms with E-state index in [9.17, 15) is 31.5 Å². The second kappa shape index (κ2) is 7.51. The predicted octanol–water partition coefficient (Wildman–Crippen LogP) is 2.81. The zero-order valence-electron chi connectivity index (χ0n) is 13.1. The van der Waals surface area contributed by atoms with E-state index >= 15 is 0 Å². The van der Waals surface area contributed by atoms with Crippen LogP contribution in [-0.2, 0) is 17.4 Å². The van der Waals surface area contributed by atoms with Crippen LogP contribution in [0.4, 0.5) is 22.0 Å². The van der Waals surface area contributed by atoms with Gasteiger partial charge in [-0.2, -0.15) is 13.2 Å². The van der Waals surface area contributed by atoms with Crippen LogP contribution in [0.1, 0.15) is 21.5 Å². The average Bonchev–Trinajstić information content (AvgIpc) is 2.53. The van der Waals surface area contributed by atoms with Crippen LogP contribution in [-0.4, -0.2) is 17.9 Å². The van der Waals surface area contributed by atoms with Gasteiger partial charge >= 0.3 is 6.18 Å². The zero-order valence-corrected chi connectivity index (χ0v) is 13.1. The fraction of sp³-hybridized carbons (Fsp3) is 0.176. The molecule has 0 aliphatic carbocycles. The standard InChI is InChI=1S/C17H13F5N2O2/c18-11-5-6-12(13(19)8-11)16(26)24-14(15(23)25)7-9-1-3-10(4-2-9)17(20,21)22/h1-6,8,14H,7H2,(H2,23,25)(H,24,26)/t14-/m1/s1. The monoisotopic (exact) mass is 372 g/mol. The highest BCUT2D eigenvalue weighted by Gasteiger charge is 2.30. The Morgan fingerprint density at radius 3 is 2.15 bits per heavy atom. The van der Waals surface area contributed by atoms with E-state index in [1.165, 1.54) is 0 Å². The quantitative estimate of drug-likeness (QED) is 0.793. The number of alkyl halides is 3. The van der Waals surface area contributed by atoms with Crippen molar-refractivity contribution < 1.29 is 31.5 Å². The van der Waals surface area contributed by atoms with Crippen molar-refractivity contribution in [3.63, 3.8) is 0 Å². The number of nitrogens with one attached hydrogen (secondary N) is 1. The Labute approximate surface area is 144 Å². The zero-order chi connectivity index (χ0) is 19.5. The molecule has 0 radical (unpaired) electrons. The smallest absolute Gasteiger partial charge is 0.368 e. The molecule has 0 aliphatic heterocycles. The van der Waals surface area contributed by atoms with Gasteiger partial charge < -0.3 is 11.1 Å². The summed E-state index contributed by atoms with van der Waals surface area (Å²) in [7, 11) is 0. The maximum atomic E-state index is 13.6. The molecule has 138 valence electrons. The van der Waals surface area contributed by atoms with Crippen molar-refractivity contribution in [1.29, 1.82) is 0 Å². The molecule has 3 N–H and O–H groups in total. The summed E-state index contributed by atoms with van der Waals surface area (Å²) in [5, 5.41) is 2.19. The molecular weight excluding hydrogens is 359 g/mol. The molecule has 2 aromatic rings. The Morgan fingerprint density at radius 1 is 1.04 bits per heavy atom. The van der Waals surface area contributed by atoms with Gasteiger partial charge in [0, 0.05) is 12.5 Å². The number of carbonyl (C=O) groups is 2. The Morgan fingerprint density at radius 2 is 1.65 bits per heavy atom. The molecule has 0 heterocycles. The Kier molecular flexibility index (Phi) is 5.59. The molecule has 26 heavy (non-hydrogen) atoms. The largest absolute Gasteiger partial charge is 0.416 e. The Bertz CT molecular complexity index is 819. The highest BCUT2D eigenvalue weighted by molar-refractivity contribution is 5.97. The van der Waals surface area contributed by atoms with E-state index in [-0.39, 0.29) is 6.42 Å². The molecule has 0 spiro atoms. The summed E-state index contributed by atoms with van der Waals surface area (Å²) in [4.78, 5) is 23.5. The van der Waals surface area contributed by atoms with Gasteiger partial charge in [0.1, 0.15) is 17.7 Å². The SMILES string of the molecule is NC(=O)[C@@H](Cc1ccc(C(F)(F)F)cc1)NC(=O)c1ccc(F)cc1F. The third kappa shape index (κ3) is 4.78. The van der Waals surface area contributed by atoms with E-state index in [1.54, 1.807) is 0 Å². The third-order valence-corrected chi connectivity index (χ3v) is 3.55. The Balaban J connectivity index is 2.14. The van der Waals surface area contributed by atoms with Crippen molar-refractivity contribution >= 4 is 11.8 Å². The lowest BCUT2D eigenvalue weighted by atomic mass is 10.0. The van der Waals surface area contributed by atoms with Crippen LogP contribution in [0.25, 0.3) is 0 Å². The highest BCUT2D eigenvalue weighted by atomic mass is 19.4.